The van der Waals surface area contributed by atoms with E-state index in [1.807, 2.05) is 4.57 Å². The zero-order chi connectivity index (χ0) is 12.0. The molecule has 0 bridgehead atoms. The first-order valence-corrected chi connectivity index (χ1v) is 5.50. The van der Waals surface area contributed by atoms with Gasteiger partial charge >= 0.3 is 5.97 Å². The molecular weight excluding hydrogens is 223 g/mol. The van der Waals surface area contributed by atoms with E-state index in [1.54, 1.807) is 12.4 Å². The van der Waals surface area contributed by atoms with Crippen LogP contribution >= 0.6 is 0 Å². The van der Waals surface area contributed by atoms with Crippen molar-refractivity contribution < 1.29 is 14.3 Å². The van der Waals surface area contributed by atoms with Gasteiger partial charge in [-0.1, -0.05) is 0 Å². The molecule has 3 rings (SSSR count). The summed E-state index contributed by atoms with van der Waals surface area (Å²) in [4.78, 5) is 14.9. The van der Waals surface area contributed by atoms with Crippen LogP contribution < -0.4 is 0 Å². The normalized spacial score (nSPS) is 23.6. The van der Waals surface area contributed by atoms with Crippen molar-refractivity contribution in [1.82, 2.24) is 9.55 Å². The lowest BCUT2D eigenvalue weighted by Gasteiger charge is -2.33. The van der Waals surface area contributed by atoms with Crippen molar-refractivity contribution in [2.24, 2.45) is 5.92 Å². The molecule has 4 nitrogen and oxygen atoms in total. The number of aromatic nitrogens is 2. The van der Waals surface area contributed by atoms with E-state index in [9.17, 15) is 9.18 Å². The molecule has 1 heterocycles. The Balaban J connectivity index is 1.90. The fourth-order valence-corrected chi connectivity index (χ4v) is 2.31. The van der Waals surface area contributed by atoms with E-state index in [1.165, 1.54) is 12.1 Å². The van der Waals surface area contributed by atoms with Gasteiger partial charge in [0.1, 0.15) is 5.82 Å². The molecule has 5 heteroatoms. The Hall–Kier alpha value is -1.91. The van der Waals surface area contributed by atoms with Crippen LogP contribution in [0.1, 0.15) is 18.9 Å². The lowest BCUT2D eigenvalue weighted by molar-refractivity contribution is -0.145. The molecular formula is C12H11FN2O2. The van der Waals surface area contributed by atoms with Crippen molar-refractivity contribution in [3.8, 4) is 0 Å². The minimum absolute atomic E-state index is 0.173. The van der Waals surface area contributed by atoms with E-state index in [2.05, 4.69) is 4.98 Å². The van der Waals surface area contributed by atoms with Crippen molar-refractivity contribution in [3.05, 3.63) is 30.3 Å². The Morgan fingerprint density at radius 3 is 2.94 bits per heavy atom. The second kappa shape index (κ2) is 3.55. The molecule has 0 radical (unpaired) electrons. The summed E-state index contributed by atoms with van der Waals surface area (Å²) in [7, 11) is 0. The molecule has 0 saturated heterocycles. The molecule has 17 heavy (non-hydrogen) atoms. The van der Waals surface area contributed by atoms with Crippen LogP contribution in [-0.4, -0.2) is 20.6 Å². The third kappa shape index (κ3) is 1.58. The number of rotatable bonds is 2. The molecule has 1 aliphatic rings. The van der Waals surface area contributed by atoms with Crippen LogP contribution in [-0.2, 0) is 4.79 Å². The Bertz CT molecular complexity index is 587. The number of hydrogen-bond acceptors (Lipinski definition) is 2. The van der Waals surface area contributed by atoms with Crippen LogP contribution in [0, 0.1) is 11.7 Å². The SMILES string of the molecule is O=C(O)C1CC(n2cnc3cc(F)ccc32)C1. The number of benzene rings is 1. The molecule has 0 atom stereocenters. The van der Waals surface area contributed by atoms with Gasteiger partial charge in [0.05, 0.1) is 23.3 Å². The molecule has 1 aromatic heterocycles. The van der Waals surface area contributed by atoms with Crippen molar-refractivity contribution in [2.45, 2.75) is 18.9 Å². The molecule has 0 aliphatic heterocycles. The highest BCUT2D eigenvalue weighted by Gasteiger charge is 2.35. The largest absolute Gasteiger partial charge is 0.481 e. The van der Waals surface area contributed by atoms with E-state index in [4.69, 9.17) is 5.11 Å². The Labute approximate surface area is 96.7 Å². The first kappa shape index (κ1) is 10.3. The van der Waals surface area contributed by atoms with Crippen molar-refractivity contribution >= 4 is 17.0 Å². The topological polar surface area (TPSA) is 55.1 Å². The van der Waals surface area contributed by atoms with Crippen LogP contribution in [0.25, 0.3) is 11.0 Å². The minimum Gasteiger partial charge on any atom is -0.481 e. The van der Waals surface area contributed by atoms with Crippen LogP contribution in [0.2, 0.25) is 0 Å². The van der Waals surface area contributed by atoms with Crippen molar-refractivity contribution in [1.29, 1.82) is 0 Å². The molecule has 88 valence electrons. The summed E-state index contributed by atoms with van der Waals surface area (Å²) < 4.78 is 14.9. The zero-order valence-electron chi connectivity index (χ0n) is 9.01. The second-order valence-electron chi connectivity index (χ2n) is 4.45. The molecule has 0 amide bonds. The fourth-order valence-electron chi connectivity index (χ4n) is 2.31. The van der Waals surface area contributed by atoms with Gasteiger partial charge in [0.25, 0.3) is 0 Å². The molecule has 1 N–H and O–H groups in total. The number of halogens is 1. The molecule has 0 spiro atoms. The van der Waals surface area contributed by atoms with E-state index in [0.29, 0.717) is 18.4 Å². The summed E-state index contributed by atoms with van der Waals surface area (Å²) in [5, 5.41) is 8.82. The number of fused-ring (bicyclic) bond motifs is 1. The van der Waals surface area contributed by atoms with Crippen LogP contribution in [0.4, 0.5) is 4.39 Å². The third-order valence-corrected chi connectivity index (χ3v) is 3.39. The second-order valence-corrected chi connectivity index (χ2v) is 4.45. The summed E-state index contributed by atoms with van der Waals surface area (Å²) in [5.41, 5.74) is 1.48. The predicted molar refractivity (Wildman–Crippen MR) is 59.1 cm³/mol. The first-order chi connectivity index (χ1) is 8.15. The minimum atomic E-state index is -0.739. The van der Waals surface area contributed by atoms with Crippen molar-refractivity contribution in [2.75, 3.05) is 0 Å². The van der Waals surface area contributed by atoms with Gasteiger partial charge in [-0.05, 0) is 25.0 Å². The van der Waals surface area contributed by atoms with E-state index >= 15 is 0 Å². The number of hydrogen-bond donors (Lipinski definition) is 1. The predicted octanol–water partition coefficient (Wildman–Crippen LogP) is 2.21. The van der Waals surface area contributed by atoms with Crippen molar-refractivity contribution in [3.63, 3.8) is 0 Å². The highest BCUT2D eigenvalue weighted by molar-refractivity contribution is 5.76. The van der Waals surface area contributed by atoms with Crippen LogP contribution in [0.3, 0.4) is 0 Å². The Morgan fingerprint density at radius 1 is 1.47 bits per heavy atom. The number of aliphatic carboxylic acids is 1. The van der Waals surface area contributed by atoms with E-state index in [-0.39, 0.29) is 17.8 Å². The standard InChI is InChI=1S/C12H11FN2O2/c13-8-1-2-11-10(5-8)14-6-15(11)9-3-7(4-9)12(16)17/h1-2,5-7,9H,3-4H2,(H,16,17). The zero-order valence-corrected chi connectivity index (χ0v) is 9.01. The van der Waals surface area contributed by atoms with Gasteiger partial charge in [0.15, 0.2) is 0 Å². The van der Waals surface area contributed by atoms with Gasteiger partial charge in [-0.3, -0.25) is 4.79 Å². The third-order valence-electron chi connectivity index (χ3n) is 3.39. The maximum atomic E-state index is 13.0. The number of carboxylic acids is 1. The summed E-state index contributed by atoms with van der Waals surface area (Å²) in [6, 6.07) is 4.64. The van der Waals surface area contributed by atoms with Gasteiger partial charge in [-0.2, -0.15) is 0 Å². The molecule has 2 aromatic rings. The monoisotopic (exact) mass is 234 g/mol. The Morgan fingerprint density at radius 2 is 2.24 bits per heavy atom. The lowest BCUT2D eigenvalue weighted by Crippen LogP contribution is -2.31. The van der Waals surface area contributed by atoms with Crippen LogP contribution in [0.15, 0.2) is 24.5 Å². The van der Waals surface area contributed by atoms with E-state index in [0.717, 1.165) is 5.52 Å². The quantitative estimate of drug-likeness (QED) is 0.866. The molecule has 1 aliphatic carbocycles. The summed E-state index contributed by atoms with van der Waals surface area (Å²) in [6.07, 6.45) is 2.91. The molecule has 1 saturated carbocycles. The summed E-state index contributed by atoms with van der Waals surface area (Å²) in [6.45, 7) is 0. The lowest BCUT2D eigenvalue weighted by atomic mass is 9.80. The van der Waals surface area contributed by atoms with Gasteiger partial charge < -0.3 is 9.67 Å². The highest BCUT2D eigenvalue weighted by atomic mass is 19.1. The molecule has 0 unspecified atom stereocenters. The fraction of sp³-hybridized carbons (Fsp3) is 0.333. The smallest absolute Gasteiger partial charge is 0.306 e. The van der Waals surface area contributed by atoms with Gasteiger partial charge in [0.2, 0.25) is 0 Å². The van der Waals surface area contributed by atoms with Gasteiger partial charge in [0, 0.05) is 12.1 Å². The molecule has 1 fully saturated rings. The molecule has 1 aromatic carbocycles. The maximum absolute atomic E-state index is 13.0. The summed E-state index contributed by atoms with van der Waals surface area (Å²) >= 11 is 0. The number of carbonyl (C=O) groups is 1. The Kier molecular flexibility index (Phi) is 2.14. The highest BCUT2D eigenvalue weighted by Crippen LogP contribution is 2.39. The average Bonchev–Trinajstić information content (AvgIpc) is 2.58. The summed E-state index contributed by atoms with van der Waals surface area (Å²) in [5.74, 6) is -1.30. The average molecular weight is 234 g/mol. The number of carboxylic acid groups (broad SMARTS) is 1. The van der Waals surface area contributed by atoms with E-state index < -0.39 is 5.97 Å². The van der Waals surface area contributed by atoms with Gasteiger partial charge in [-0.25, -0.2) is 9.37 Å². The van der Waals surface area contributed by atoms with Crippen LogP contribution in [0.5, 0.6) is 0 Å². The maximum Gasteiger partial charge on any atom is 0.306 e. The first-order valence-electron chi connectivity index (χ1n) is 5.50. The van der Waals surface area contributed by atoms with Gasteiger partial charge in [-0.15, -0.1) is 0 Å². The number of imidazole rings is 1. The number of nitrogens with zero attached hydrogens (tertiary/aromatic N) is 2.